The minimum atomic E-state index is -0.202. The summed E-state index contributed by atoms with van der Waals surface area (Å²) in [6, 6.07) is 12.6. The summed E-state index contributed by atoms with van der Waals surface area (Å²) in [5.41, 5.74) is 1.25. The molecule has 0 fully saturated rings. The number of benzene rings is 2. The normalized spacial score (nSPS) is 10.8. The first-order chi connectivity index (χ1) is 13.0. The fourth-order valence-corrected chi connectivity index (χ4v) is 4.00. The summed E-state index contributed by atoms with van der Waals surface area (Å²) in [6.07, 6.45) is 0.240. The molecule has 3 rings (SSSR count). The predicted molar refractivity (Wildman–Crippen MR) is 114 cm³/mol. The van der Waals surface area contributed by atoms with Crippen LogP contribution >= 0.6 is 50.9 Å². The average molecular weight is 487 g/mol. The third kappa shape index (κ3) is 4.76. The van der Waals surface area contributed by atoms with E-state index in [4.69, 9.17) is 29.0 Å². The molecule has 27 heavy (non-hydrogen) atoms. The molecule has 0 aliphatic carbocycles. The molecule has 0 radical (unpaired) electrons. The van der Waals surface area contributed by atoms with Crippen LogP contribution < -0.4 is 11.2 Å². The van der Waals surface area contributed by atoms with Crippen molar-refractivity contribution in [3.8, 4) is 11.4 Å². The van der Waals surface area contributed by atoms with E-state index in [1.807, 2.05) is 24.3 Å². The van der Waals surface area contributed by atoms with E-state index in [1.54, 1.807) is 18.2 Å². The minimum absolute atomic E-state index is 0.202. The number of hydrogen-bond donors (Lipinski definition) is 2. The number of para-hydroxylation sites is 1. The lowest BCUT2D eigenvalue weighted by atomic mass is 10.2. The zero-order valence-corrected chi connectivity index (χ0v) is 17.7. The Morgan fingerprint density at radius 2 is 1.85 bits per heavy atom. The molecule has 0 unspecified atom stereocenters. The molecule has 0 aliphatic rings. The Labute approximate surface area is 178 Å². The van der Waals surface area contributed by atoms with Gasteiger partial charge < -0.3 is 11.2 Å². The van der Waals surface area contributed by atoms with Gasteiger partial charge in [0.05, 0.1) is 15.7 Å². The number of nitrogen functional groups attached to an aromatic ring is 1. The molecule has 3 aromatic rings. The number of thioether (sulfide) groups is 1. The monoisotopic (exact) mass is 485 g/mol. The third-order valence-electron chi connectivity index (χ3n) is 3.57. The maximum absolute atomic E-state index is 12.1. The number of carbonyl (C=O) groups excluding carboxylic acids is 1. The maximum atomic E-state index is 12.1. The molecule has 10 heteroatoms. The Morgan fingerprint density at radius 3 is 2.56 bits per heavy atom. The molecule has 0 atom stereocenters. The van der Waals surface area contributed by atoms with Gasteiger partial charge in [-0.05, 0) is 24.3 Å². The molecule has 3 N–H and O–H groups in total. The molecular formula is C17H14BrCl2N5OS. The first-order valence-electron chi connectivity index (χ1n) is 7.79. The summed E-state index contributed by atoms with van der Waals surface area (Å²) >= 11 is 16.9. The van der Waals surface area contributed by atoms with Gasteiger partial charge in [-0.25, -0.2) is 4.68 Å². The zero-order chi connectivity index (χ0) is 19.4. The molecule has 140 valence electrons. The first-order valence-corrected chi connectivity index (χ1v) is 10.3. The van der Waals surface area contributed by atoms with Crippen molar-refractivity contribution in [2.45, 2.75) is 11.6 Å². The van der Waals surface area contributed by atoms with Gasteiger partial charge in [0, 0.05) is 22.2 Å². The van der Waals surface area contributed by atoms with Crippen LogP contribution in [-0.4, -0.2) is 26.5 Å². The summed E-state index contributed by atoms with van der Waals surface area (Å²) in [6.45, 7) is 0. The summed E-state index contributed by atoms with van der Waals surface area (Å²) < 4.78 is 2.28. The highest BCUT2D eigenvalue weighted by molar-refractivity contribution is 9.10. The zero-order valence-electron chi connectivity index (χ0n) is 13.8. The standard InChI is InChI=1S/C17H14BrCl2N5OS/c18-11-5-2-1-4-10(11)16-23-24-17(25(16)21)27-9-8-14(26)22-15-12(19)6-3-7-13(15)20/h1-7H,8-9,21H2,(H,22,26). The number of carbonyl (C=O) groups is 1. The topological polar surface area (TPSA) is 85.8 Å². The first kappa shape index (κ1) is 20.0. The fourth-order valence-electron chi connectivity index (χ4n) is 2.26. The number of rotatable bonds is 6. The van der Waals surface area contributed by atoms with Crippen molar-refractivity contribution in [1.82, 2.24) is 14.9 Å². The number of anilines is 1. The Morgan fingerprint density at radius 1 is 1.15 bits per heavy atom. The van der Waals surface area contributed by atoms with E-state index >= 15 is 0 Å². The second kappa shape index (κ2) is 8.97. The molecule has 1 amide bonds. The Bertz CT molecular complexity index is 961. The van der Waals surface area contributed by atoms with E-state index in [9.17, 15) is 4.79 Å². The van der Waals surface area contributed by atoms with Crippen LogP contribution in [0.4, 0.5) is 5.69 Å². The van der Waals surface area contributed by atoms with Crippen LogP contribution in [0, 0.1) is 0 Å². The third-order valence-corrected chi connectivity index (χ3v) is 5.83. The van der Waals surface area contributed by atoms with Crippen molar-refractivity contribution in [2.24, 2.45) is 0 Å². The van der Waals surface area contributed by atoms with Crippen LogP contribution in [0.2, 0.25) is 10.0 Å². The predicted octanol–water partition coefficient (Wildman–Crippen LogP) is 4.85. The lowest BCUT2D eigenvalue weighted by Crippen LogP contribution is -2.14. The Hall–Kier alpha value is -1.74. The molecule has 6 nitrogen and oxygen atoms in total. The number of nitrogens with zero attached hydrogens (tertiary/aromatic N) is 3. The summed E-state index contributed by atoms with van der Waals surface area (Å²) in [7, 11) is 0. The van der Waals surface area contributed by atoms with E-state index in [1.165, 1.54) is 16.4 Å². The van der Waals surface area contributed by atoms with Gasteiger partial charge in [0.15, 0.2) is 5.82 Å². The van der Waals surface area contributed by atoms with Gasteiger partial charge >= 0.3 is 0 Å². The molecule has 0 bridgehead atoms. The van der Waals surface area contributed by atoms with E-state index in [-0.39, 0.29) is 12.3 Å². The van der Waals surface area contributed by atoms with E-state index in [0.29, 0.717) is 32.5 Å². The largest absolute Gasteiger partial charge is 0.335 e. The second-order valence-corrected chi connectivity index (χ2v) is 8.13. The van der Waals surface area contributed by atoms with Gasteiger partial charge in [-0.1, -0.05) is 69.1 Å². The lowest BCUT2D eigenvalue weighted by molar-refractivity contribution is -0.115. The van der Waals surface area contributed by atoms with Crippen LogP contribution in [0.3, 0.4) is 0 Å². The van der Waals surface area contributed by atoms with Crippen LogP contribution in [0.1, 0.15) is 6.42 Å². The van der Waals surface area contributed by atoms with Crippen molar-refractivity contribution < 1.29 is 4.79 Å². The molecule has 0 spiro atoms. The minimum Gasteiger partial charge on any atom is -0.335 e. The van der Waals surface area contributed by atoms with E-state index in [2.05, 4.69) is 31.4 Å². The highest BCUT2D eigenvalue weighted by Gasteiger charge is 2.15. The molecule has 0 saturated heterocycles. The highest BCUT2D eigenvalue weighted by atomic mass is 79.9. The second-order valence-electron chi connectivity index (χ2n) is 5.40. The Kier molecular flexibility index (Phi) is 6.64. The van der Waals surface area contributed by atoms with Crippen LogP contribution in [0.25, 0.3) is 11.4 Å². The number of amides is 1. The van der Waals surface area contributed by atoms with Crippen LogP contribution in [-0.2, 0) is 4.79 Å². The van der Waals surface area contributed by atoms with Crippen molar-refractivity contribution in [1.29, 1.82) is 0 Å². The number of hydrogen-bond acceptors (Lipinski definition) is 5. The molecule has 0 saturated carbocycles. The number of aromatic nitrogens is 3. The number of nitrogens with one attached hydrogen (secondary N) is 1. The quantitative estimate of drug-likeness (QED) is 0.384. The van der Waals surface area contributed by atoms with Crippen molar-refractivity contribution in [2.75, 3.05) is 16.9 Å². The van der Waals surface area contributed by atoms with E-state index in [0.717, 1.165) is 10.0 Å². The van der Waals surface area contributed by atoms with Crippen molar-refractivity contribution >= 4 is 62.5 Å². The van der Waals surface area contributed by atoms with Crippen molar-refractivity contribution in [3.63, 3.8) is 0 Å². The van der Waals surface area contributed by atoms with E-state index < -0.39 is 0 Å². The van der Waals surface area contributed by atoms with Gasteiger partial charge in [-0.15, -0.1) is 10.2 Å². The summed E-state index contributed by atoms with van der Waals surface area (Å²) in [5.74, 6) is 6.91. The van der Waals surface area contributed by atoms with Gasteiger partial charge in [0.2, 0.25) is 11.1 Å². The van der Waals surface area contributed by atoms with Crippen molar-refractivity contribution in [3.05, 3.63) is 57.0 Å². The molecular weight excluding hydrogens is 473 g/mol. The van der Waals surface area contributed by atoms with Gasteiger partial charge in [0.1, 0.15) is 0 Å². The average Bonchev–Trinajstić information content (AvgIpc) is 2.99. The smallest absolute Gasteiger partial charge is 0.225 e. The maximum Gasteiger partial charge on any atom is 0.225 e. The van der Waals surface area contributed by atoms with Crippen LogP contribution in [0.15, 0.2) is 52.1 Å². The molecule has 1 aromatic heterocycles. The lowest BCUT2D eigenvalue weighted by Gasteiger charge is -2.09. The molecule has 2 aromatic carbocycles. The van der Waals surface area contributed by atoms with Gasteiger partial charge in [-0.3, -0.25) is 4.79 Å². The fraction of sp³-hybridized carbons (Fsp3) is 0.118. The molecule has 0 aliphatic heterocycles. The SMILES string of the molecule is Nn1c(SCCC(=O)Nc2c(Cl)cccc2Cl)nnc1-c1ccccc1Br. The van der Waals surface area contributed by atoms with Crippen LogP contribution in [0.5, 0.6) is 0 Å². The molecule has 1 heterocycles. The number of halogens is 3. The number of nitrogens with two attached hydrogens (primary N) is 1. The Balaban J connectivity index is 1.60. The highest BCUT2D eigenvalue weighted by Crippen LogP contribution is 2.30. The summed E-state index contributed by atoms with van der Waals surface area (Å²) in [4.78, 5) is 12.1. The van der Waals surface area contributed by atoms with Gasteiger partial charge in [0.25, 0.3) is 0 Å². The van der Waals surface area contributed by atoms with Gasteiger partial charge in [-0.2, -0.15) is 0 Å². The summed E-state index contributed by atoms with van der Waals surface area (Å²) in [5, 5.41) is 12.3.